The molecular formula is C18H24N4O. The Morgan fingerprint density at radius 3 is 2.57 bits per heavy atom. The highest BCUT2D eigenvalue weighted by Gasteiger charge is 2.24. The van der Waals surface area contributed by atoms with Gasteiger partial charge < -0.3 is 10.6 Å². The van der Waals surface area contributed by atoms with E-state index in [4.69, 9.17) is 10.7 Å². The summed E-state index contributed by atoms with van der Waals surface area (Å²) in [7, 11) is 0. The van der Waals surface area contributed by atoms with Crippen molar-refractivity contribution in [3.8, 4) is 0 Å². The van der Waals surface area contributed by atoms with Crippen molar-refractivity contribution in [3.05, 3.63) is 35.4 Å². The molecule has 1 fully saturated rings. The number of anilines is 1. The molecule has 0 bridgehead atoms. The molecular weight excluding hydrogens is 288 g/mol. The second-order valence-corrected chi connectivity index (χ2v) is 6.15. The van der Waals surface area contributed by atoms with E-state index in [1.54, 1.807) is 0 Å². The number of rotatable bonds is 4. The van der Waals surface area contributed by atoms with Gasteiger partial charge in [-0.25, -0.2) is 4.98 Å². The minimum absolute atomic E-state index is 0.397. The van der Waals surface area contributed by atoms with Crippen LogP contribution in [-0.4, -0.2) is 48.5 Å². The van der Waals surface area contributed by atoms with Crippen molar-refractivity contribution >= 4 is 22.6 Å². The lowest BCUT2D eigenvalue weighted by atomic mass is 10.0. The first-order valence-corrected chi connectivity index (χ1v) is 8.28. The molecule has 1 aromatic carbocycles. The molecule has 0 aliphatic carbocycles. The van der Waals surface area contributed by atoms with E-state index in [1.165, 1.54) is 6.42 Å². The Hall–Kier alpha value is -2.14. The van der Waals surface area contributed by atoms with Crippen LogP contribution in [0.5, 0.6) is 0 Å². The molecule has 122 valence electrons. The number of aryl methyl sites for hydroxylation is 1. The van der Waals surface area contributed by atoms with Crippen molar-refractivity contribution in [3.63, 3.8) is 0 Å². The molecule has 2 aromatic rings. The minimum atomic E-state index is -0.397. The highest BCUT2D eigenvalue weighted by atomic mass is 16.1. The van der Waals surface area contributed by atoms with Crippen LogP contribution in [0, 0.1) is 6.92 Å². The first-order chi connectivity index (χ1) is 11.1. The highest BCUT2D eigenvalue weighted by molar-refractivity contribution is 6.04. The number of hydrogen-bond acceptors (Lipinski definition) is 4. The zero-order valence-corrected chi connectivity index (χ0v) is 13.9. The van der Waals surface area contributed by atoms with E-state index < -0.39 is 5.91 Å². The number of piperazine rings is 1. The number of nitrogens with two attached hydrogens (primary N) is 1. The first-order valence-electron chi connectivity index (χ1n) is 8.28. The number of hydrogen-bond donors (Lipinski definition) is 1. The van der Waals surface area contributed by atoms with Gasteiger partial charge in [-0.3, -0.25) is 9.69 Å². The Kier molecular flexibility index (Phi) is 4.48. The lowest BCUT2D eigenvalue weighted by molar-refractivity contribution is 0.1000. The fraction of sp³-hybridized carbons (Fsp3) is 0.444. The fourth-order valence-electron chi connectivity index (χ4n) is 3.38. The lowest BCUT2D eigenvalue weighted by Crippen LogP contribution is -2.47. The van der Waals surface area contributed by atoms with E-state index in [1.807, 2.05) is 31.2 Å². The molecule has 0 radical (unpaired) electrons. The first kappa shape index (κ1) is 15.7. The number of carbonyl (C=O) groups excluding carboxylic acids is 1. The Morgan fingerprint density at radius 2 is 1.91 bits per heavy atom. The molecule has 3 rings (SSSR count). The van der Waals surface area contributed by atoms with E-state index in [0.29, 0.717) is 5.56 Å². The molecule has 1 aromatic heterocycles. The van der Waals surface area contributed by atoms with Crippen LogP contribution in [0.1, 0.15) is 29.3 Å². The molecule has 0 spiro atoms. The van der Waals surface area contributed by atoms with Crippen LogP contribution < -0.4 is 10.6 Å². The second-order valence-electron chi connectivity index (χ2n) is 6.15. The van der Waals surface area contributed by atoms with Crippen molar-refractivity contribution < 1.29 is 4.79 Å². The summed E-state index contributed by atoms with van der Waals surface area (Å²) in [6.07, 6.45) is 1.17. The van der Waals surface area contributed by atoms with Crippen LogP contribution in [0.3, 0.4) is 0 Å². The lowest BCUT2D eigenvalue weighted by Gasteiger charge is -2.36. The number of pyridine rings is 1. The Bertz CT molecular complexity index is 720. The largest absolute Gasteiger partial charge is 0.365 e. The van der Waals surface area contributed by atoms with Crippen LogP contribution in [-0.2, 0) is 0 Å². The van der Waals surface area contributed by atoms with Crippen molar-refractivity contribution in [2.75, 3.05) is 37.6 Å². The maximum Gasteiger partial charge on any atom is 0.252 e. The molecule has 2 N–H and O–H groups in total. The number of nitrogens with zero attached hydrogens (tertiary/aromatic N) is 3. The Labute approximate surface area is 137 Å². The van der Waals surface area contributed by atoms with Crippen molar-refractivity contribution in [2.45, 2.75) is 20.3 Å². The van der Waals surface area contributed by atoms with E-state index in [0.717, 1.165) is 55.0 Å². The van der Waals surface area contributed by atoms with Gasteiger partial charge in [0.25, 0.3) is 5.91 Å². The van der Waals surface area contributed by atoms with E-state index in [-0.39, 0.29) is 0 Å². The molecule has 1 amide bonds. The number of fused-ring (bicyclic) bond motifs is 1. The third kappa shape index (κ3) is 3.01. The SMILES string of the molecule is CCCN1CCN(c2nc3ccccc3c(C)c2C(N)=O)CC1. The molecule has 1 aliphatic rings. The summed E-state index contributed by atoms with van der Waals surface area (Å²) < 4.78 is 0. The van der Waals surface area contributed by atoms with Gasteiger partial charge in [-0.05, 0) is 31.5 Å². The summed E-state index contributed by atoms with van der Waals surface area (Å²) in [5.41, 5.74) is 8.08. The number of benzene rings is 1. The van der Waals surface area contributed by atoms with Gasteiger partial charge in [-0.2, -0.15) is 0 Å². The summed E-state index contributed by atoms with van der Waals surface area (Å²) >= 11 is 0. The molecule has 1 aliphatic heterocycles. The van der Waals surface area contributed by atoms with Gasteiger partial charge >= 0.3 is 0 Å². The van der Waals surface area contributed by atoms with Crippen molar-refractivity contribution in [2.24, 2.45) is 5.73 Å². The molecule has 5 heteroatoms. The summed E-state index contributed by atoms with van der Waals surface area (Å²) in [4.78, 5) is 21.5. The topological polar surface area (TPSA) is 62.5 Å². The molecule has 0 atom stereocenters. The van der Waals surface area contributed by atoms with E-state index in [2.05, 4.69) is 16.7 Å². The van der Waals surface area contributed by atoms with Gasteiger partial charge in [-0.1, -0.05) is 25.1 Å². The Morgan fingerprint density at radius 1 is 1.22 bits per heavy atom. The molecule has 0 unspecified atom stereocenters. The van der Waals surface area contributed by atoms with Crippen LogP contribution in [0.2, 0.25) is 0 Å². The second kappa shape index (κ2) is 6.54. The van der Waals surface area contributed by atoms with E-state index in [9.17, 15) is 4.79 Å². The third-order valence-electron chi connectivity index (χ3n) is 4.59. The van der Waals surface area contributed by atoms with Crippen molar-refractivity contribution in [1.82, 2.24) is 9.88 Å². The number of aromatic nitrogens is 1. The number of amides is 1. The average molecular weight is 312 g/mol. The zero-order chi connectivity index (χ0) is 16.4. The minimum Gasteiger partial charge on any atom is -0.365 e. The maximum absolute atomic E-state index is 12.0. The molecule has 0 saturated carbocycles. The standard InChI is InChI=1S/C18H24N4O/c1-3-8-21-9-11-22(12-10-21)18-16(17(19)23)13(2)14-6-4-5-7-15(14)20-18/h4-7H,3,8-12H2,1-2H3,(H2,19,23). The summed E-state index contributed by atoms with van der Waals surface area (Å²) in [5, 5.41) is 0.995. The summed E-state index contributed by atoms with van der Waals surface area (Å²) in [6, 6.07) is 7.92. The van der Waals surface area contributed by atoms with Gasteiger partial charge in [0.1, 0.15) is 5.82 Å². The average Bonchev–Trinajstić information content (AvgIpc) is 2.55. The quantitative estimate of drug-likeness (QED) is 0.940. The smallest absolute Gasteiger partial charge is 0.252 e. The number of primary amides is 1. The molecule has 2 heterocycles. The van der Waals surface area contributed by atoms with Gasteiger partial charge in [0.2, 0.25) is 0 Å². The van der Waals surface area contributed by atoms with Gasteiger partial charge in [-0.15, -0.1) is 0 Å². The van der Waals surface area contributed by atoms with Crippen LogP contribution in [0.25, 0.3) is 10.9 Å². The predicted octanol–water partition coefficient (Wildman–Crippen LogP) is 2.17. The number of carbonyl (C=O) groups is 1. The monoisotopic (exact) mass is 312 g/mol. The molecule has 5 nitrogen and oxygen atoms in total. The Balaban J connectivity index is 2.00. The zero-order valence-electron chi connectivity index (χ0n) is 13.9. The van der Waals surface area contributed by atoms with Gasteiger partial charge in [0.05, 0.1) is 11.1 Å². The van der Waals surface area contributed by atoms with Crippen LogP contribution >= 0.6 is 0 Å². The summed E-state index contributed by atoms with van der Waals surface area (Å²) in [6.45, 7) is 9.04. The predicted molar refractivity (Wildman–Crippen MR) is 93.9 cm³/mol. The van der Waals surface area contributed by atoms with Gasteiger partial charge in [0, 0.05) is 31.6 Å². The van der Waals surface area contributed by atoms with E-state index >= 15 is 0 Å². The van der Waals surface area contributed by atoms with Crippen LogP contribution in [0.15, 0.2) is 24.3 Å². The normalized spacial score (nSPS) is 16.0. The summed E-state index contributed by atoms with van der Waals surface area (Å²) in [5.74, 6) is 0.344. The third-order valence-corrected chi connectivity index (χ3v) is 4.59. The highest BCUT2D eigenvalue weighted by Crippen LogP contribution is 2.28. The van der Waals surface area contributed by atoms with Gasteiger partial charge in [0.15, 0.2) is 0 Å². The maximum atomic E-state index is 12.0. The fourth-order valence-corrected chi connectivity index (χ4v) is 3.38. The molecule has 23 heavy (non-hydrogen) atoms. The van der Waals surface area contributed by atoms with Crippen molar-refractivity contribution in [1.29, 1.82) is 0 Å². The molecule has 1 saturated heterocycles. The van der Waals surface area contributed by atoms with Crippen LogP contribution in [0.4, 0.5) is 5.82 Å². The number of para-hydroxylation sites is 1.